The zero-order valence-corrected chi connectivity index (χ0v) is 7.98. The normalized spacial score (nSPS) is 26.6. The van der Waals surface area contributed by atoms with E-state index in [0.717, 1.165) is 32.2 Å². The number of piperazine rings is 1. The molecule has 2 rings (SSSR count). The lowest BCUT2D eigenvalue weighted by atomic mass is 10.2. The molecular weight excluding hydrogens is 169 g/mol. The standard InChI is InChI=1S/C9H17N3O/c13-10-12-7-5-11(6-8-12)9-3-1-2-4-9/h9H,1-8H2/i10+1,11+1,12+1. The molecule has 0 aromatic rings. The summed E-state index contributed by atoms with van der Waals surface area (Å²) in [4.78, 5) is 12.8. The van der Waals surface area contributed by atoms with Gasteiger partial charge in [0.05, 0.1) is 18.4 Å². The second kappa shape index (κ2) is 4.05. The lowest BCUT2D eigenvalue weighted by Crippen LogP contribution is -2.47. The molecule has 0 spiro atoms. The van der Waals surface area contributed by atoms with Crippen LogP contribution in [0.15, 0.2) is 5.29 Å². The van der Waals surface area contributed by atoms with E-state index in [-0.39, 0.29) is 0 Å². The number of hydrogen-bond donors (Lipinski definition) is 0. The van der Waals surface area contributed by atoms with Gasteiger partial charge in [0.1, 0.15) is 0 Å². The second-order valence-electron chi connectivity index (χ2n) is 4.01. The molecule has 74 valence electrons. The molecule has 2 fully saturated rings. The first-order chi connectivity index (χ1) is 6.40. The maximum Gasteiger partial charge on any atom is 0.0524 e. The summed E-state index contributed by atoms with van der Waals surface area (Å²) in [6.45, 7) is 3.69. The lowest BCUT2D eigenvalue weighted by Gasteiger charge is -2.35. The Morgan fingerprint density at radius 1 is 1.00 bits per heavy atom. The molecule has 4 nitrogen and oxygen atoms in total. The van der Waals surface area contributed by atoms with Crippen molar-refractivity contribution in [2.75, 3.05) is 26.2 Å². The van der Waals surface area contributed by atoms with Crippen LogP contribution in [0, 0.1) is 4.91 Å². The van der Waals surface area contributed by atoms with Crippen LogP contribution in [0.3, 0.4) is 0 Å². The van der Waals surface area contributed by atoms with Crippen molar-refractivity contribution in [3.05, 3.63) is 4.91 Å². The number of rotatable bonds is 2. The average Bonchev–Trinajstić information content (AvgIpc) is 2.71. The lowest BCUT2D eigenvalue weighted by molar-refractivity contribution is 0.0990. The molecule has 1 aliphatic carbocycles. The van der Waals surface area contributed by atoms with E-state index in [1.54, 1.807) is 5.01 Å². The molecule has 1 aliphatic heterocycles. The van der Waals surface area contributed by atoms with E-state index >= 15 is 0 Å². The summed E-state index contributed by atoms with van der Waals surface area (Å²) >= 11 is 0. The van der Waals surface area contributed by atoms with Crippen LogP contribution in [0.1, 0.15) is 25.7 Å². The van der Waals surface area contributed by atoms with Gasteiger partial charge in [-0.3, -0.25) is 9.91 Å². The molecule has 4 heteroatoms. The first-order valence-corrected chi connectivity index (χ1v) is 5.22. The highest BCUT2D eigenvalue weighted by Gasteiger charge is 2.25. The van der Waals surface area contributed by atoms with Gasteiger partial charge in [0.15, 0.2) is 0 Å². The smallest absolute Gasteiger partial charge is 0.0524 e. The van der Waals surface area contributed by atoms with E-state index in [2.05, 4.69) is 10.2 Å². The number of nitroso groups, excluding NO2 is 1. The van der Waals surface area contributed by atoms with Gasteiger partial charge in [-0.25, -0.2) is 0 Å². The van der Waals surface area contributed by atoms with E-state index in [4.69, 9.17) is 0 Å². The molecular formula is C9H17N3O. The van der Waals surface area contributed by atoms with Crippen molar-refractivity contribution in [1.29, 1.82) is 0 Å². The van der Waals surface area contributed by atoms with Crippen LogP contribution in [0.5, 0.6) is 0 Å². The molecule has 0 aromatic carbocycles. The van der Waals surface area contributed by atoms with Crippen molar-refractivity contribution in [2.24, 2.45) is 5.29 Å². The number of nitrogens with zero attached hydrogens (tertiary/aromatic N) is 3. The second-order valence-corrected chi connectivity index (χ2v) is 4.01. The predicted octanol–water partition coefficient (Wildman–Crippen LogP) is 1.23. The summed E-state index contributed by atoms with van der Waals surface area (Å²) < 4.78 is 0. The largest absolute Gasteiger partial charge is 0.297 e. The van der Waals surface area contributed by atoms with Crippen molar-refractivity contribution in [3.8, 4) is 0 Å². The molecule has 2 aliphatic rings. The van der Waals surface area contributed by atoms with E-state index in [1.165, 1.54) is 25.7 Å². The molecule has 0 bridgehead atoms. The van der Waals surface area contributed by atoms with Gasteiger partial charge in [0, 0.05) is 19.1 Å². The van der Waals surface area contributed by atoms with Crippen molar-refractivity contribution in [2.45, 2.75) is 31.7 Å². The molecule has 0 N–H and O–H groups in total. The van der Waals surface area contributed by atoms with Gasteiger partial charge in [-0.1, -0.05) is 12.8 Å². The molecule has 13 heavy (non-hydrogen) atoms. The predicted molar refractivity (Wildman–Crippen MR) is 51.2 cm³/mol. The molecule has 0 radical (unpaired) electrons. The topological polar surface area (TPSA) is 35.9 Å². The van der Waals surface area contributed by atoms with Crippen LogP contribution in [0.25, 0.3) is 0 Å². The Kier molecular flexibility index (Phi) is 2.78. The van der Waals surface area contributed by atoms with Crippen LogP contribution in [-0.4, -0.2) is 42.1 Å². The van der Waals surface area contributed by atoms with Gasteiger partial charge in [-0.2, -0.15) is 0 Å². The fourth-order valence-corrected chi connectivity index (χ4v) is 2.43. The summed E-state index contributed by atoms with van der Waals surface area (Å²) in [6, 6.07) is 0.800. The molecule has 1 saturated carbocycles. The zero-order chi connectivity index (χ0) is 9.10. The summed E-state index contributed by atoms with van der Waals surface area (Å²) in [5.41, 5.74) is 0. The summed E-state index contributed by atoms with van der Waals surface area (Å²) in [5.74, 6) is 0. The van der Waals surface area contributed by atoms with Crippen molar-refractivity contribution < 1.29 is 0 Å². The van der Waals surface area contributed by atoms with E-state index in [1.807, 2.05) is 0 Å². The molecule has 0 atom stereocenters. The third kappa shape index (κ3) is 1.99. The fourth-order valence-electron chi connectivity index (χ4n) is 2.43. The minimum atomic E-state index is 0.800. The minimum Gasteiger partial charge on any atom is -0.297 e. The van der Waals surface area contributed by atoms with Crippen LogP contribution >= 0.6 is 0 Å². The third-order valence-corrected chi connectivity index (χ3v) is 3.25. The maximum atomic E-state index is 10.2. The zero-order valence-electron chi connectivity index (χ0n) is 7.98. The Labute approximate surface area is 78.8 Å². The van der Waals surface area contributed by atoms with Gasteiger partial charge < -0.3 is 0 Å². The summed E-state index contributed by atoms with van der Waals surface area (Å²) in [7, 11) is 0. The molecule has 0 aromatic heterocycles. The maximum absolute atomic E-state index is 10.2. The highest BCUT2D eigenvalue weighted by atomic mass is 16.6. The quantitative estimate of drug-likeness (QED) is 0.480. The van der Waals surface area contributed by atoms with E-state index in [9.17, 15) is 4.91 Å². The van der Waals surface area contributed by atoms with Crippen molar-refractivity contribution >= 4 is 0 Å². The average molecular weight is 186 g/mol. The van der Waals surface area contributed by atoms with Crippen LogP contribution < -0.4 is 0 Å². The fraction of sp³-hybridized carbons (Fsp3) is 1.00. The van der Waals surface area contributed by atoms with Crippen LogP contribution in [0.2, 0.25) is 0 Å². The van der Waals surface area contributed by atoms with Gasteiger partial charge in [0.25, 0.3) is 0 Å². The number of hydrogen-bond acceptors (Lipinski definition) is 3. The summed E-state index contributed by atoms with van der Waals surface area (Å²) in [5, 5.41) is 4.60. The van der Waals surface area contributed by atoms with Gasteiger partial charge >= 0.3 is 0 Å². The first-order valence-electron chi connectivity index (χ1n) is 5.22. The Bertz CT molecular complexity index is 172. The Morgan fingerprint density at radius 3 is 2.15 bits per heavy atom. The molecule has 0 amide bonds. The van der Waals surface area contributed by atoms with Crippen molar-refractivity contribution in [3.63, 3.8) is 0 Å². The molecule has 1 heterocycles. The van der Waals surface area contributed by atoms with Gasteiger partial charge in [-0.15, -0.1) is 4.91 Å². The highest BCUT2D eigenvalue weighted by Crippen LogP contribution is 2.24. The molecule has 0 unspecified atom stereocenters. The van der Waals surface area contributed by atoms with E-state index in [0.29, 0.717) is 0 Å². The highest BCUT2D eigenvalue weighted by molar-refractivity contribution is 4.80. The summed E-state index contributed by atoms with van der Waals surface area (Å²) in [6.07, 6.45) is 5.48. The Hall–Kier alpha value is -0.640. The molecule has 1 saturated heterocycles. The SMILES string of the molecule is O=[15N][15N]1CC[15N](C2CCCC2)CC1. The van der Waals surface area contributed by atoms with Crippen molar-refractivity contribution in [1.82, 2.24) is 9.91 Å². The van der Waals surface area contributed by atoms with Crippen LogP contribution in [0.4, 0.5) is 0 Å². The Morgan fingerprint density at radius 2 is 1.62 bits per heavy atom. The van der Waals surface area contributed by atoms with Gasteiger partial charge in [0.2, 0.25) is 0 Å². The van der Waals surface area contributed by atoms with Crippen LogP contribution in [-0.2, 0) is 0 Å². The Balaban J connectivity index is 1.79. The van der Waals surface area contributed by atoms with Gasteiger partial charge in [-0.05, 0) is 12.8 Å². The first kappa shape index (κ1) is 8.94. The minimum absolute atomic E-state index is 0.800. The van der Waals surface area contributed by atoms with E-state index < -0.39 is 0 Å². The third-order valence-electron chi connectivity index (χ3n) is 3.25. The monoisotopic (exact) mass is 186 g/mol.